The summed E-state index contributed by atoms with van der Waals surface area (Å²) in [4.78, 5) is 56.0. The molecule has 0 aliphatic carbocycles. The van der Waals surface area contributed by atoms with Crippen LogP contribution < -0.4 is 24.8 Å². The SMILES string of the molecule is COc1ccc(C(C)(c2ccc(Oc3ccc(C(=O)c4ccc(C)cc4)cc3)cc2)c2ccc(Oc3ccc(C(=O)c4cc(P(=O)(O)OO)ccc4P(=O)(O)O)cc3)cc2)cc1. The van der Waals surface area contributed by atoms with Crippen LogP contribution in [0.3, 0.4) is 0 Å². The van der Waals surface area contributed by atoms with Crippen molar-refractivity contribution in [2.45, 2.75) is 19.3 Å². The highest BCUT2D eigenvalue weighted by Crippen LogP contribution is 2.43. The minimum absolute atomic E-state index is 0.00666. The number of benzene rings is 7. The van der Waals surface area contributed by atoms with Crippen LogP contribution in [0.25, 0.3) is 0 Å². The minimum atomic E-state index is -4.99. The highest BCUT2D eigenvalue weighted by atomic mass is 31.2. The van der Waals surface area contributed by atoms with Crippen molar-refractivity contribution < 1.29 is 57.5 Å². The number of carbonyl (C=O) groups excluding carboxylic acids is 2. The second kappa shape index (κ2) is 17.9. The lowest BCUT2D eigenvalue weighted by molar-refractivity contribution is -0.143. The van der Waals surface area contributed by atoms with Crippen LogP contribution in [-0.2, 0) is 19.2 Å². The van der Waals surface area contributed by atoms with Crippen molar-refractivity contribution in [3.63, 3.8) is 0 Å². The summed E-state index contributed by atoms with van der Waals surface area (Å²) in [6.45, 7) is 4.09. The zero-order valence-electron chi connectivity index (χ0n) is 33.5. The van der Waals surface area contributed by atoms with Gasteiger partial charge in [0.15, 0.2) is 11.6 Å². The van der Waals surface area contributed by atoms with Gasteiger partial charge in [0.2, 0.25) is 0 Å². The molecular weight excluding hydrogens is 830 g/mol. The number of methoxy groups -OCH3 is 1. The summed E-state index contributed by atoms with van der Waals surface area (Å²) in [6, 6.07) is 46.0. The first kappa shape index (κ1) is 43.6. The van der Waals surface area contributed by atoms with Gasteiger partial charge in [-0.1, -0.05) is 66.2 Å². The van der Waals surface area contributed by atoms with E-state index in [1.165, 1.54) is 24.3 Å². The van der Waals surface area contributed by atoms with E-state index >= 15 is 0 Å². The first-order chi connectivity index (χ1) is 29.6. The van der Waals surface area contributed by atoms with E-state index in [0.717, 1.165) is 40.5 Å². The van der Waals surface area contributed by atoms with E-state index in [1.807, 2.05) is 104 Å². The van der Waals surface area contributed by atoms with E-state index in [9.17, 15) is 33.4 Å². The molecule has 0 spiro atoms. The van der Waals surface area contributed by atoms with Crippen LogP contribution in [-0.4, -0.2) is 38.6 Å². The number of ketones is 2. The van der Waals surface area contributed by atoms with Gasteiger partial charge in [-0.25, -0.2) is 5.26 Å². The summed E-state index contributed by atoms with van der Waals surface area (Å²) >= 11 is 0. The van der Waals surface area contributed by atoms with Crippen LogP contribution in [0, 0.1) is 6.92 Å². The molecule has 2 unspecified atom stereocenters. The number of aryl methyl sites for hydroxylation is 1. The normalized spacial score (nSPS) is 13.3. The smallest absolute Gasteiger partial charge is 0.385 e. The molecule has 0 amide bonds. The highest BCUT2D eigenvalue weighted by Gasteiger charge is 2.33. The number of rotatable bonds is 15. The Morgan fingerprint density at radius 1 is 0.516 bits per heavy atom. The molecule has 7 aromatic rings. The van der Waals surface area contributed by atoms with Gasteiger partial charge >= 0.3 is 15.2 Å². The Bertz CT molecular complexity index is 2820. The quantitative estimate of drug-likeness (QED) is 0.0252. The average molecular weight is 871 g/mol. The van der Waals surface area contributed by atoms with Crippen molar-refractivity contribution >= 4 is 37.4 Å². The Balaban J connectivity index is 1.10. The summed E-state index contributed by atoms with van der Waals surface area (Å²) in [5.74, 6) is 1.84. The van der Waals surface area contributed by atoms with E-state index < -0.39 is 42.6 Å². The summed E-state index contributed by atoms with van der Waals surface area (Å²) < 4.78 is 45.7. The summed E-state index contributed by atoms with van der Waals surface area (Å²) in [5.41, 5.74) is 3.99. The lowest BCUT2D eigenvalue weighted by Gasteiger charge is -2.32. The Hall–Kier alpha value is -6.46. The zero-order chi connectivity index (χ0) is 44.2. The van der Waals surface area contributed by atoms with Gasteiger partial charge in [0.1, 0.15) is 28.7 Å². The highest BCUT2D eigenvalue weighted by molar-refractivity contribution is 7.61. The van der Waals surface area contributed by atoms with Gasteiger partial charge in [-0.2, -0.15) is 0 Å². The Kier molecular flexibility index (Phi) is 12.6. The van der Waals surface area contributed by atoms with Gasteiger partial charge in [0.25, 0.3) is 0 Å². The average Bonchev–Trinajstić information content (AvgIpc) is 3.29. The molecule has 0 bridgehead atoms. The Morgan fingerprint density at radius 3 is 1.27 bits per heavy atom. The minimum Gasteiger partial charge on any atom is -0.497 e. The molecule has 12 nitrogen and oxygen atoms in total. The fraction of sp³-hybridized carbons (Fsp3) is 0.0833. The molecule has 0 fully saturated rings. The third kappa shape index (κ3) is 9.38. The van der Waals surface area contributed by atoms with Crippen LogP contribution in [0.2, 0.25) is 0 Å². The number of carbonyl (C=O) groups is 2. The molecule has 0 saturated heterocycles. The van der Waals surface area contributed by atoms with Crippen molar-refractivity contribution in [3.8, 4) is 28.7 Å². The summed E-state index contributed by atoms with van der Waals surface area (Å²) in [5, 5.41) is 7.67. The van der Waals surface area contributed by atoms with E-state index in [1.54, 1.807) is 31.4 Å². The molecular formula is C48H40O12P2. The first-order valence-electron chi connectivity index (χ1n) is 19.0. The number of hydrogen-bond donors (Lipinski definition) is 4. The Morgan fingerprint density at radius 2 is 0.887 bits per heavy atom. The van der Waals surface area contributed by atoms with Crippen LogP contribution in [0.15, 0.2) is 164 Å². The van der Waals surface area contributed by atoms with Gasteiger partial charge in [0, 0.05) is 27.7 Å². The molecule has 62 heavy (non-hydrogen) atoms. The molecule has 2 atom stereocenters. The predicted octanol–water partition coefficient (Wildman–Crippen LogP) is 9.51. The lowest BCUT2D eigenvalue weighted by Crippen LogP contribution is -2.25. The van der Waals surface area contributed by atoms with E-state index in [2.05, 4.69) is 11.6 Å². The molecule has 0 radical (unpaired) electrons. The molecule has 314 valence electrons. The third-order valence-electron chi connectivity index (χ3n) is 10.5. The summed E-state index contributed by atoms with van der Waals surface area (Å²) in [6.07, 6.45) is 0. The van der Waals surface area contributed by atoms with Crippen LogP contribution in [0.1, 0.15) is 61.0 Å². The second-order valence-electron chi connectivity index (χ2n) is 14.5. The molecule has 0 saturated carbocycles. The number of ether oxygens (including phenoxy) is 3. The van der Waals surface area contributed by atoms with Gasteiger partial charge < -0.3 is 28.9 Å². The van der Waals surface area contributed by atoms with Crippen molar-refractivity contribution in [2.75, 3.05) is 7.11 Å². The van der Waals surface area contributed by atoms with Gasteiger partial charge in [0.05, 0.1) is 17.7 Å². The third-order valence-corrected chi connectivity index (χ3v) is 12.7. The number of hydrogen-bond acceptors (Lipinski definition) is 9. The van der Waals surface area contributed by atoms with Crippen molar-refractivity contribution in [2.24, 2.45) is 0 Å². The maximum Gasteiger partial charge on any atom is 0.385 e. The van der Waals surface area contributed by atoms with Crippen molar-refractivity contribution in [1.82, 2.24) is 0 Å². The van der Waals surface area contributed by atoms with E-state index in [4.69, 9.17) is 19.5 Å². The fourth-order valence-corrected chi connectivity index (χ4v) is 8.37. The molecule has 0 aromatic heterocycles. The molecule has 4 N–H and O–H groups in total. The van der Waals surface area contributed by atoms with Crippen LogP contribution >= 0.6 is 15.2 Å². The van der Waals surface area contributed by atoms with Gasteiger partial charge in [-0.05, 0) is 134 Å². The summed E-state index contributed by atoms with van der Waals surface area (Å²) in [7, 11) is -8.15. The van der Waals surface area contributed by atoms with Crippen molar-refractivity contribution in [1.29, 1.82) is 0 Å². The second-order valence-corrected chi connectivity index (χ2v) is 17.8. The fourth-order valence-electron chi connectivity index (χ4n) is 6.97. The monoisotopic (exact) mass is 870 g/mol. The van der Waals surface area contributed by atoms with Gasteiger partial charge in [-0.15, -0.1) is 4.67 Å². The lowest BCUT2D eigenvalue weighted by atomic mass is 9.71. The topological polar surface area (TPSA) is 186 Å². The van der Waals surface area contributed by atoms with E-state index in [-0.39, 0.29) is 11.3 Å². The maximum atomic E-state index is 13.5. The molecule has 14 heteroatoms. The standard InChI is InChI=1S/C48H40O12P2/c1-31-4-6-32(7-5-31)46(49)33-8-18-39(19-9-33)58-41-24-14-36(15-25-41)48(2,35-12-22-38(57-3)23-13-35)37-16-26-42(27-17-37)59-40-20-10-34(11-21-40)47(50)44-30-43(62(55,56)60-51)28-29-45(44)61(52,53)54/h4-30,51H,1-3H3,(H,55,56)(H2,52,53,54). The Labute approximate surface area is 357 Å². The van der Waals surface area contributed by atoms with E-state index in [0.29, 0.717) is 39.9 Å². The predicted molar refractivity (Wildman–Crippen MR) is 234 cm³/mol. The van der Waals surface area contributed by atoms with Crippen LogP contribution in [0.5, 0.6) is 28.7 Å². The molecule has 0 aliphatic rings. The molecule has 7 aromatic carbocycles. The molecule has 0 aliphatic heterocycles. The van der Waals surface area contributed by atoms with Crippen LogP contribution in [0.4, 0.5) is 0 Å². The largest absolute Gasteiger partial charge is 0.497 e. The molecule has 0 heterocycles. The van der Waals surface area contributed by atoms with Gasteiger partial charge in [-0.3, -0.25) is 18.7 Å². The zero-order valence-corrected chi connectivity index (χ0v) is 35.3. The maximum absolute atomic E-state index is 13.5. The molecule has 7 rings (SSSR count). The first-order valence-corrected chi connectivity index (χ1v) is 22.2. The van der Waals surface area contributed by atoms with Crippen molar-refractivity contribution in [3.05, 3.63) is 208 Å².